The van der Waals surface area contributed by atoms with E-state index >= 15 is 0 Å². The van der Waals surface area contributed by atoms with E-state index in [2.05, 4.69) is 5.32 Å². The maximum atomic E-state index is 13.7. The summed E-state index contributed by atoms with van der Waals surface area (Å²) in [6.07, 6.45) is 5.44. The highest BCUT2D eigenvalue weighted by Gasteiger charge is 2.29. The molecule has 1 N–H and O–H groups in total. The van der Waals surface area contributed by atoms with Gasteiger partial charge in [-0.2, -0.15) is 0 Å². The smallest absolute Gasteiger partial charge is 0.322 e. The molecule has 0 radical (unpaired) electrons. The van der Waals surface area contributed by atoms with Crippen molar-refractivity contribution in [1.29, 1.82) is 0 Å². The van der Waals surface area contributed by atoms with Crippen LogP contribution in [0.2, 0.25) is 5.02 Å². The number of amides is 3. The molecule has 3 rings (SSSR count). The Morgan fingerprint density at radius 1 is 1.04 bits per heavy atom. The molecule has 3 amide bonds. The van der Waals surface area contributed by atoms with Gasteiger partial charge >= 0.3 is 6.03 Å². The van der Waals surface area contributed by atoms with Crippen LogP contribution in [0.3, 0.4) is 0 Å². The largest absolute Gasteiger partial charge is 0.339 e. The van der Waals surface area contributed by atoms with Gasteiger partial charge in [0, 0.05) is 37.1 Å². The lowest BCUT2D eigenvalue weighted by Gasteiger charge is -2.37. The molecule has 1 aliphatic heterocycles. The third-order valence-corrected chi connectivity index (χ3v) is 5.24. The minimum atomic E-state index is -0.524. The predicted molar refractivity (Wildman–Crippen MR) is 95.2 cm³/mol. The minimum Gasteiger partial charge on any atom is -0.339 e. The molecule has 5 nitrogen and oxygen atoms in total. The topological polar surface area (TPSA) is 52.7 Å². The Morgan fingerprint density at radius 2 is 1.68 bits per heavy atom. The average molecular weight is 368 g/mol. The van der Waals surface area contributed by atoms with Gasteiger partial charge < -0.3 is 15.1 Å². The Bertz CT molecular complexity index is 641. The van der Waals surface area contributed by atoms with Gasteiger partial charge in [0.15, 0.2) is 0 Å². The molecule has 0 unspecified atom stereocenters. The summed E-state index contributed by atoms with van der Waals surface area (Å²) < 4.78 is 13.7. The van der Waals surface area contributed by atoms with Gasteiger partial charge in [-0.05, 0) is 31.0 Å². The van der Waals surface area contributed by atoms with Gasteiger partial charge in [-0.3, -0.25) is 4.79 Å². The average Bonchev–Trinajstić information content (AvgIpc) is 2.65. The van der Waals surface area contributed by atoms with Crippen molar-refractivity contribution in [3.05, 3.63) is 29.0 Å². The molecule has 0 bridgehead atoms. The molecular weight excluding hydrogens is 345 g/mol. The standard InChI is InChI=1S/C18H23ClFN3O2/c19-14-6-7-15(20)16(12-14)21-18(25)23-10-8-22(9-11-23)17(24)13-4-2-1-3-5-13/h6-7,12-13H,1-5,8-11H2,(H,21,25). The molecule has 1 aliphatic carbocycles. The molecule has 2 aliphatic rings. The normalized spacial score (nSPS) is 19.0. The summed E-state index contributed by atoms with van der Waals surface area (Å²) in [5, 5.41) is 2.91. The lowest BCUT2D eigenvalue weighted by atomic mass is 9.88. The van der Waals surface area contributed by atoms with Crippen molar-refractivity contribution in [3.8, 4) is 0 Å². The van der Waals surface area contributed by atoms with E-state index in [-0.39, 0.29) is 23.5 Å². The van der Waals surface area contributed by atoms with E-state index in [0.717, 1.165) is 25.7 Å². The molecule has 0 spiro atoms. The van der Waals surface area contributed by atoms with Crippen molar-refractivity contribution < 1.29 is 14.0 Å². The molecule has 1 heterocycles. The number of hydrogen-bond acceptors (Lipinski definition) is 2. The molecule has 136 valence electrons. The van der Waals surface area contributed by atoms with E-state index < -0.39 is 5.82 Å². The Balaban J connectivity index is 1.52. The number of carbonyl (C=O) groups excluding carboxylic acids is 2. The Kier molecular flexibility index (Phi) is 5.78. The fraction of sp³-hybridized carbons (Fsp3) is 0.556. The highest BCUT2D eigenvalue weighted by molar-refractivity contribution is 6.30. The van der Waals surface area contributed by atoms with Crippen LogP contribution in [-0.4, -0.2) is 47.9 Å². The van der Waals surface area contributed by atoms with Crippen LogP contribution in [-0.2, 0) is 4.79 Å². The fourth-order valence-corrected chi connectivity index (χ4v) is 3.70. The molecule has 1 saturated carbocycles. The van der Waals surface area contributed by atoms with Crippen LogP contribution in [0, 0.1) is 11.7 Å². The summed E-state index contributed by atoms with van der Waals surface area (Å²) in [5.41, 5.74) is 0.0678. The van der Waals surface area contributed by atoms with Crippen LogP contribution in [0.1, 0.15) is 32.1 Å². The van der Waals surface area contributed by atoms with Gasteiger partial charge in [-0.15, -0.1) is 0 Å². The molecule has 0 aromatic heterocycles. The highest BCUT2D eigenvalue weighted by Crippen LogP contribution is 2.26. The molecule has 25 heavy (non-hydrogen) atoms. The van der Waals surface area contributed by atoms with Gasteiger partial charge in [-0.25, -0.2) is 9.18 Å². The van der Waals surface area contributed by atoms with Crippen LogP contribution in [0.4, 0.5) is 14.9 Å². The van der Waals surface area contributed by atoms with Gasteiger partial charge in [0.25, 0.3) is 0 Å². The van der Waals surface area contributed by atoms with E-state index in [4.69, 9.17) is 11.6 Å². The number of carbonyl (C=O) groups is 2. The monoisotopic (exact) mass is 367 g/mol. The first kappa shape index (κ1) is 18.0. The molecule has 1 saturated heterocycles. The SMILES string of the molecule is O=C(Nc1cc(Cl)ccc1F)N1CCN(C(=O)C2CCCCC2)CC1. The second kappa shape index (κ2) is 8.04. The summed E-state index contributed by atoms with van der Waals surface area (Å²) in [4.78, 5) is 28.3. The van der Waals surface area contributed by atoms with Crippen LogP contribution >= 0.6 is 11.6 Å². The number of benzene rings is 1. The molecule has 0 atom stereocenters. The van der Waals surface area contributed by atoms with Gasteiger partial charge in [-0.1, -0.05) is 30.9 Å². The van der Waals surface area contributed by atoms with E-state index in [1.165, 1.54) is 24.6 Å². The number of nitrogens with zero attached hydrogens (tertiary/aromatic N) is 2. The third kappa shape index (κ3) is 4.42. The van der Waals surface area contributed by atoms with E-state index in [9.17, 15) is 14.0 Å². The lowest BCUT2D eigenvalue weighted by molar-refractivity contribution is -0.137. The number of urea groups is 1. The van der Waals surface area contributed by atoms with Crippen molar-refractivity contribution >= 4 is 29.2 Å². The predicted octanol–water partition coefficient (Wildman–Crippen LogP) is 3.74. The highest BCUT2D eigenvalue weighted by atomic mass is 35.5. The van der Waals surface area contributed by atoms with Crippen LogP contribution in [0.5, 0.6) is 0 Å². The van der Waals surface area contributed by atoms with Crippen molar-refractivity contribution in [3.63, 3.8) is 0 Å². The quantitative estimate of drug-likeness (QED) is 0.865. The number of rotatable bonds is 2. The maximum absolute atomic E-state index is 13.7. The summed E-state index contributed by atoms with van der Waals surface area (Å²) in [7, 11) is 0. The first-order valence-electron chi connectivity index (χ1n) is 8.84. The zero-order chi connectivity index (χ0) is 17.8. The first-order valence-corrected chi connectivity index (χ1v) is 9.22. The Morgan fingerprint density at radius 3 is 2.36 bits per heavy atom. The number of nitrogens with one attached hydrogen (secondary N) is 1. The van der Waals surface area contributed by atoms with E-state index in [1.807, 2.05) is 4.90 Å². The lowest BCUT2D eigenvalue weighted by Crippen LogP contribution is -2.53. The summed E-state index contributed by atoms with van der Waals surface area (Å²) in [6, 6.07) is 3.67. The molecule has 7 heteroatoms. The zero-order valence-electron chi connectivity index (χ0n) is 14.1. The van der Waals surface area contributed by atoms with Crippen molar-refractivity contribution in [2.45, 2.75) is 32.1 Å². The van der Waals surface area contributed by atoms with Crippen LogP contribution in [0.25, 0.3) is 0 Å². The second-order valence-electron chi connectivity index (χ2n) is 6.70. The zero-order valence-corrected chi connectivity index (χ0v) is 14.9. The number of hydrogen-bond donors (Lipinski definition) is 1. The van der Waals surface area contributed by atoms with Crippen molar-refractivity contribution in [1.82, 2.24) is 9.80 Å². The van der Waals surface area contributed by atoms with Crippen molar-refractivity contribution in [2.24, 2.45) is 5.92 Å². The number of anilines is 1. The summed E-state index contributed by atoms with van der Waals surface area (Å²) >= 11 is 5.84. The van der Waals surface area contributed by atoms with E-state index in [0.29, 0.717) is 31.2 Å². The van der Waals surface area contributed by atoms with Gasteiger partial charge in [0.05, 0.1) is 5.69 Å². The van der Waals surface area contributed by atoms with Gasteiger partial charge in [0.2, 0.25) is 5.91 Å². The molecule has 1 aromatic rings. The van der Waals surface area contributed by atoms with Crippen molar-refractivity contribution in [2.75, 3.05) is 31.5 Å². The Hall–Kier alpha value is -1.82. The minimum absolute atomic E-state index is 0.0678. The second-order valence-corrected chi connectivity index (χ2v) is 7.14. The first-order chi connectivity index (χ1) is 12.0. The number of halogens is 2. The fourth-order valence-electron chi connectivity index (χ4n) is 3.53. The number of piperazine rings is 1. The molecular formula is C18H23ClFN3O2. The third-order valence-electron chi connectivity index (χ3n) is 5.00. The van der Waals surface area contributed by atoms with E-state index in [1.54, 1.807) is 4.90 Å². The molecule has 1 aromatic carbocycles. The van der Waals surface area contributed by atoms with Gasteiger partial charge in [0.1, 0.15) is 5.82 Å². The summed E-state index contributed by atoms with van der Waals surface area (Å²) in [5.74, 6) is -0.154. The maximum Gasteiger partial charge on any atom is 0.322 e. The van der Waals surface area contributed by atoms with Crippen LogP contribution in [0.15, 0.2) is 18.2 Å². The Labute approximate surface area is 152 Å². The molecule has 2 fully saturated rings. The summed E-state index contributed by atoms with van der Waals surface area (Å²) in [6.45, 7) is 1.96. The van der Waals surface area contributed by atoms with Crippen LogP contribution < -0.4 is 5.32 Å².